The normalized spacial score (nSPS) is 10.3. The molecule has 2 rings (SSSR count). The van der Waals surface area contributed by atoms with Crippen LogP contribution in [0.3, 0.4) is 0 Å². The summed E-state index contributed by atoms with van der Waals surface area (Å²) in [4.78, 5) is 20.6. The van der Waals surface area contributed by atoms with Crippen LogP contribution < -0.4 is 4.74 Å². The lowest BCUT2D eigenvalue weighted by Gasteiger charge is -2.07. The zero-order valence-corrected chi connectivity index (χ0v) is 12.3. The molecule has 0 aromatic heterocycles. The van der Waals surface area contributed by atoms with E-state index in [2.05, 4.69) is 0 Å². The molecule has 23 heavy (non-hydrogen) atoms. The summed E-state index contributed by atoms with van der Waals surface area (Å²) in [5, 5.41) is 0. The molecule has 0 atom stereocenters. The average molecular weight is 324 g/mol. The van der Waals surface area contributed by atoms with E-state index in [0.29, 0.717) is 17.9 Å². The first-order valence-electron chi connectivity index (χ1n) is 6.72. The van der Waals surface area contributed by atoms with Gasteiger partial charge in [-0.05, 0) is 25.1 Å². The van der Waals surface area contributed by atoms with Gasteiger partial charge in [-0.1, -0.05) is 30.3 Å². The number of alkyl halides is 3. The van der Waals surface area contributed by atoms with Crippen LogP contribution in [0.25, 0.3) is 0 Å². The first-order chi connectivity index (χ1) is 10.9. The molecule has 2 aromatic rings. The lowest BCUT2D eigenvalue weighted by molar-refractivity contribution is -0.137. The smallest absolute Gasteiger partial charge is 0.417 e. The highest BCUT2D eigenvalue weighted by atomic mass is 19.4. The summed E-state index contributed by atoms with van der Waals surface area (Å²) in [5.74, 6) is 0.657. The Morgan fingerprint density at radius 3 is 1.91 bits per heavy atom. The fourth-order valence-corrected chi connectivity index (χ4v) is 1.72. The molecule has 3 nitrogen and oxygen atoms in total. The van der Waals surface area contributed by atoms with E-state index >= 15 is 0 Å². The maximum absolute atomic E-state index is 12.1. The second-order valence-electron chi connectivity index (χ2n) is 4.29. The van der Waals surface area contributed by atoms with E-state index in [-0.39, 0.29) is 11.8 Å². The molecule has 0 saturated heterocycles. The van der Waals surface area contributed by atoms with E-state index in [1.54, 1.807) is 12.1 Å². The van der Waals surface area contributed by atoms with Crippen LogP contribution in [0.15, 0.2) is 48.5 Å². The molecular weight excluding hydrogens is 309 g/mol. The number of hydrogen-bond donors (Lipinski definition) is 0. The maximum Gasteiger partial charge on any atom is 0.417 e. The molecule has 0 amide bonds. The maximum atomic E-state index is 12.1. The minimum atomic E-state index is -4.45. The number of carbonyl (C=O) groups is 2. The van der Waals surface area contributed by atoms with Crippen LogP contribution in [0.5, 0.6) is 5.75 Å². The number of carbonyl (C=O) groups excluding carboxylic acids is 2. The number of benzene rings is 2. The Balaban J connectivity index is 0.000000231. The summed E-state index contributed by atoms with van der Waals surface area (Å²) in [6.07, 6.45) is -3.45. The van der Waals surface area contributed by atoms with Crippen LogP contribution in [0.2, 0.25) is 0 Å². The van der Waals surface area contributed by atoms with Gasteiger partial charge >= 0.3 is 6.18 Å². The van der Waals surface area contributed by atoms with Gasteiger partial charge in [-0.3, -0.25) is 9.59 Å². The summed E-state index contributed by atoms with van der Waals surface area (Å²) in [6, 6.07) is 11.8. The van der Waals surface area contributed by atoms with Crippen LogP contribution in [-0.4, -0.2) is 19.2 Å². The van der Waals surface area contributed by atoms with E-state index in [9.17, 15) is 22.8 Å². The molecular formula is C17H15F3O3. The van der Waals surface area contributed by atoms with E-state index in [0.717, 1.165) is 18.4 Å². The van der Waals surface area contributed by atoms with Crippen molar-refractivity contribution in [2.45, 2.75) is 13.1 Å². The van der Waals surface area contributed by atoms with Crippen molar-refractivity contribution in [3.05, 3.63) is 65.2 Å². The molecule has 6 heteroatoms. The van der Waals surface area contributed by atoms with E-state index < -0.39 is 11.7 Å². The number of para-hydroxylation sites is 1. The summed E-state index contributed by atoms with van der Waals surface area (Å²) >= 11 is 0. The van der Waals surface area contributed by atoms with Crippen molar-refractivity contribution < 1.29 is 27.5 Å². The van der Waals surface area contributed by atoms with Gasteiger partial charge in [-0.25, -0.2) is 0 Å². The number of aldehydes is 2. The molecule has 0 fully saturated rings. The molecule has 0 radical (unpaired) electrons. The van der Waals surface area contributed by atoms with Crippen LogP contribution in [0, 0.1) is 0 Å². The second-order valence-corrected chi connectivity index (χ2v) is 4.29. The number of ether oxygens (including phenoxy) is 1. The highest BCUT2D eigenvalue weighted by Crippen LogP contribution is 2.30. The zero-order chi connectivity index (χ0) is 17.3. The van der Waals surface area contributed by atoms with Crippen molar-refractivity contribution in [2.75, 3.05) is 6.61 Å². The van der Waals surface area contributed by atoms with Gasteiger partial charge in [0.05, 0.1) is 17.7 Å². The van der Waals surface area contributed by atoms with Crippen LogP contribution >= 0.6 is 0 Å². The summed E-state index contributed by atoms with van der Waals surface area (Å²) in [5.41, 5.74) is -0.612. The monoisotopic (exact) mass is 324 g/mol. The first kappa shape index (κ1) is 18.4. The van der Waals surface area contributed by atoms with Crippen LogP contribution in [0.4, 0.5) is 13.2 Å². The van der Waals surface area contributed by atoms with E-state index in [1.807, 2.05) is 19.1 Å². The fourth-order valence-electron chi connectivity index (χ4n) is 1.72. The van der Waals surface area contributed by atoms with Crippen molar-refractivity contribution in [2.24, 2.45) is 0 Å². The Kier molecular flexibility index (Phi) is 6.99. The van der Waals surface area contributed by atoms with Crippen molar-refractivity contribution in [3.63, 3.8) is 0 Å². The van der Waals surface area contributed by atoms with Gasteiger partial charge in [0.1, 0.15) is 5.75 Å². The van der Waals surface area contributed by atoms with Gasteiger partial charge in [0.2, 0.25) is 0 Å². The Bertz CT molecular complexity index is 652. The number of rotatable bonds is 4. The highest BCUT2D eigenvalue weighted by Gasteiger charge is 2.32. The Hall–Kier alpha value is -2.63. The van der Waals surface area contributed by atoms with Gasteiger partial charge in [-0.15, -0.1) is 0 Å². The van der Waals surface area contributed by atoms with Gasteiger partial charge in [0.25, 0.3) is 0 Å². The fraction of sp³-hybridized carbons (Fsp3) is 0.176. The molecule has 0 saturated carbocycles. The zero-order valence-electron chi connectivity index (χ0n) is 12.3. The molecule has 0 unspecified atom stereocenters. The van der Waals surface area contributed by atoms with Crippen molar-refractivity contribution in [1.82, 2.24) is 0 Å². The molecule has 0 aliphatic heterocycles. The van der Waals surface area contributed by atoms with Crippen molar-refractivity contribution >= 4 is 12.6 Å². The molecule has 122 valence electrons. The van der Waals surface area contributed by atoms with E-state index in [4.69, 9.17) is 4.74 Å². The molecule has 0 aliphatic rings. The van der Waals surface area contributed by atoms with Crippen molar-refractivity contribution in [3.8, 4) is 5.75 Å². The van der Waals surface area contributed by atoms with E-state index in [1.165, 1.54) is 12.1 Å². The van der Waals surface area contributed by atoms with Gasteiger partial charge in [-0.2, -0.15) is 13.2 Å². The largest absolute Gasteiger partial charge is 0.493 e. The highest BCUT2D eigenvalue weighted by molar-refractivity contribution is 5.79. The van der Waals surface area contributed by atoms with Crippen molar-refractivity contribution in [1.29, 1.82) is 0 Å². The lowest BCUT2D eigenvalue weighted by Crippen LogP contribution is -2.08. The Morgan fingerprint density at radius 2 is 1.43 bits per heavy atom. The Labute approximate surface area is 131 Å². The minimum absolute atomic E-state index is 0.197. The van der Waals surface area contributed by atoms with Crippen LogP contribution in [0.1, 0.15) is 33.2 Å². The number of hydrogen-bond acceptors (Lipinski definition) is 3. The van der Waals surface area contributed by atoms with Crippen LogP contribution in [-0.2, 0) is 6.18 Å². The summed E-state index contributed by atoms with van der Waals surface area (Å²) in [6.45, 7) is 2.48. The molecule has 2 aromatic carbocycles. The summed E-state index contributed by atoms with van der Waals surface area (Å²) in [7, 11) is 0. The topological polar surface area (TPSA) is 43.4 Å². The SMILES string of the molecule is CCOc1ccccc1C=O.O=Cc1ccccc1C(F)(F)F. The molecule has 0 heterocycles. The first-order valence-corrected chi connectivity index (χ1v) is 6.72. The second kappa shape index (κ2) is 8.73. The molecule has 0 aliphatic carbocycles. The minimum Gasteiger partial charge on any atom is -0.493 e. The standard InChI is InChI=1S/C9H10O2.C8H5F3O/c1-2-11-9-6-4-3-5-8(9)7-10;9-8(10,11)7-4-2-1-3-6(7)5-12/h3-7H,2H2,1H3;1-5H. The third kappa shape index (κ3) is 5.58. The van der Waals surface area contributed by atoms with Gasteiger partial charge in [0.15, 0.2) is 12.6 Å². The molecule has 0 spiro atoms. The Morgan fingerprint density at radius 1 is 0.913 bits per heavy atom. The summed E-state index contributed by atoms with van der Waals surface area (Å²) < 4.78 is 41.4. The molecule has 0 N–H and O–H groups in total. The van der Waals surface area contributed by atoms with Gasteiger partial charge in [0, 0.05) is 5.56 Å². The quantitative estimate of drug-likeness (QED) is 0.782. The number of halogens is 3. The van der Waals surface area contributed by atoms with Gasteiger partial charge < -0.3 is 4.74 Å². The molecule has 0 bridgehead atoms. The predicted molar refractivity (Wildman–Crippen MR) is 79.8 cm³/mol. The third-order valence-electron chi connectivity index (χ3n) is 2.74. The predicted octanol–water partition coefficient (Wildman–Crippen LogP) is 4.42. The lowest BCUT2D eigenvalue weighted by atomic mass is 10.1. The average Bonchev–Trinajstić information content (AvgIpc) is 2.55. The third-order valence-corrected chi connectivity index (χ3v) is 2.74.